The molecule has 1 N–H and O–H groups in total. The van der Waals surface area contributed by atoms with Crippen LogP contribution in [0.25, 0.3) is 0 Å². The van der Waals surface area contributed by atoms with E-state index in [1.54, 1.807) is 36.4 Å². The summed E-state index contributed by atoms with van der Waals surface area (Å²) in [7, 11) is 2.92. The molecule has 0 saturated carbocycles. The Morgan fingerprint density at radius 2 is 1.71 bits per heavy atom. The van der Waals surface area contributed by atoms with E-state index >= 15 is 0 Å². The van der Waals surface area contributed by atoms with E-state index in [9.17, 15) is 14.4 Å². The first kappa shape index (κ1) is 21.2. The number of Topliss-reactive ketones (excluding diaryl/α,β-unsaturated/α-hetero) is 1. The fourth-order valence-corrected chi connectivity index (χ4v) is 2.44. The maximum atomic E-state index is 12.3. The van der Waals surface area contributed by atoms with Crippen LogP contribution in [-0.4, -0.2) is 45.0 Å². The second-order valence-electron chi connectivity index (χ2n) is 5.66. The summed E-state index contributed by atoms with van der Waals surface area (Å²) in [4.78, 5) is 36.1. The number of hydrogen-bond acceptors (Lipinski definition) is 6. The van der Waals surface area contributed by atoms with Gasteiger partial charge in [0.05, 0.1) is 26.2 Å². The van der Waals surface area contributed by atoms with Gasteiger partial charge in [0.25, 0.3) is 5.91 Å². The van der Waals surface area contributed by atoms with Crippen LogP contribution in [0.5, 0.6) is 11.5 Å². The normalized spacial score (nSPS) is 10.1. The topological polar surface area (TPSA) is 90.9 Å². The highest BCUT2D eigenvalue weighted by Crippen LogP contribution is 2.24. The highest BCUT2D eigenvalue weighted by molar-refractivity contribution is 6.30. The molecular weight excluding hydrogens is 386 g/mol. The lowest BCUT2D eigenvalue weighted by atomic mass is 10.1. The third kappa shape index (κ3) is 5.99. The van der Waals surface area contributed by atoms with Gasteiger partial charge in [0.2, 0.25) is 5.78 Å². The van der Waals surface area contributed by atoms with Gasteiger partial charge >= 0.3 is 5.97 Å². The van der Waals surface area contributed by atoms with Gasteiger partial charge in [0, 0.05) is 17.1 Å². The lowest BCUT2D eigenvalue weighted by molar-refractivity contribution is -0.142. The molecule has 0 aliphatic rings. The zero-order chi connectivity index (χ0) is 20.5. The van der Waals surface area contributed by atoms with Crippen LogP contribution < -0.4 is 14.8 Å². The van der Waals surface area contributed by atoms with E-state index in [0.29, 0.717) is 22.1 Å². The molecule has 0 fully saturated rings. The molecular formula is C20H20ClNO6. The number of methoxy groups -OCH3 is 2. The molecule has 28 heavy (non-hydrogen) atoms. The summed E-state index contributed by atoms with van der Waals surface area (Å²) in [5.74, 6) is -0.514. The summed E-state index contributed by atoms with van der Waals surface area (Å²) >= 11 is 5.77. The number of amides is 1. The van der Waals surface area contributed by atoms with E-state index in [0.717, 1.165) is 0 Å². The molecule has 0 aromatic heterocycles. The summed E-state index contributed by atoms with van der Waals surface area (Å²) < 4.78 is 15.2. The number of rotatable bonds is 9. The summed E-state index contributed by atoms with van der Waals surface area (Å²) in [5, 5.41) is 3.12. The first-order chi connectivity index (χ1) is 13.4. The Labute approximate surface area is 167 Å². The Hall–Kier alpha value is -3.06. The van der Waals surface area contributed by atoms with Crippen LogP contribution in [0.3, 0.4) is 0 Å². The number of halogens is 1. The highest BCUT2D eigenvalue weighted by atomic mass is 35.5. The third-order valence-electron chi connectivity index (χ3n) is 3.79. The van der Waals surface area contributed by atoms with Crippen molar-refractivity contribution in [2.45, 2.75) is 6.42 Å². The van der Waals surface area contributed by atoms with Crippen molar-refractivity contribution in [3.05, 3.63) is 58.6 Å². The largest absolute Gasteiger partial charge is 0.497 e. The first-order valence-corrected chi connectivity index (χ1v) is 8.77. The Balaban J connectivity index is 1.80. The van der Waals surface area contributed by atoms with Gasteiger partial charge in [0.15, 0.2) is 6.61 Å². The molecule has 0 heterocycles. The van der Waals surface area contributed by atoms with Gasteiger partial charge in [-0.05, 0) is 42.5 Å². The van der Waals surface area contributed by atoms with Crippen LogP contribution >= 0.6 is 11.6 Å². The number of esters is 1. The number of hydrogen-bond donors (Lipinski definition) is 1. The van der Waals surface area contributed by atoms with Crippen molar-refractivity contribution >= 4 is 29.3 Å². The highest BCUT2D eigenvalue weighted by Gasteiger charge is 2.16. The fourth-order valence-electron chi connectivity index (χ4n) is 2.31. The predicted octanol–water partition coefficient (Wildman–Crippen LogP) is 2.90. The van der Waals surface area contributed by atoms with Crippen molar-refractivity contribution in [3.63, 3.8) is 0 Å². The number of ether oxygens (including phenoxy) is 3. The predicted molar refractivity (Wildman–Crippen MR) is 103 cm³/mol. The van der Waals surface area contributed by atoms with Gasteiger partial charge in [0.1, 0.15) is 11.5 Å². The van der Waals surface area contributed by atoms with E-state index in [1.165, 1.54) is 20.3 Å². The minimum atomic E-state index is -0.605. The number of nitrogens with one attached hydrogen (secondary N) is 1. The molecule has 1 amide bonds. The smallest absolute Gasteiger partial charge is 0.308 e. The minimum absolute atomic E-state index is 0.0676. The van der Waals surface area contributed by atoms with Crippen molar-refractivity contribution in [2.24, 2.45) is 0 Å². The minimum Gasteiger partial charge on any atom is -0.497 e. The van der Waals surface area contributed by atoms with E-state index in [1.807, 2.05) is 0 Å². The van der Waals surface area contributed by atoms with E-state index in [-0.39, 0.29) is 24.4 Å². The van der Waals surface area contributed by atoms with Crippen LogP contribution in [0.15, 0.2) is 42.5 Å². The van der Waals surface area contributed by atoms with Gasteiger partial charge in [-0.25, -0.2) is 0 Å². The standard InChI is InChI=1S/C20H20ClNO6/c1-26-15-7-8-18(27-2)16(11-15)17(23)12-28-19(24)9-10-22-20(25)13-3-5-14(21)6-4-13/h3-8,11H,9-10,12H2,1-2H3,(H,22,25). The van der Waals surface area contributed by atoms with Crippen LogP contribution in [0.2, 0.25) is 5.02 Å². The molecule has 2 rings (SSSR count). The molecule has 0 spiro atoms. The number of carbonyl (C=O) groups is 3. The van der Waals surface area contributed by atoms with Gasteiger partial charge in [-0.2, -0.15) is 0 Å². The Bertz CT molecular complexity index is 850. The van der Waals surface area contributed by atoms with Gasteiger partial charge in [-0.1, -0.05) is 11.6 Å². The van der Waals surface area contributed by atoms with Crippen LogP contribution in [0.1, 0.15) is 27.1 Å². The van der Waals surface area contributed by atoms with Crippen LogP contribution in [-0.2, 0) is 9.53 Å². The van der Waals surface area contributed by atoms with Crippen molar-refractivity contribution in [2.75, 3.05) is 27.4 Å². The number of benzene rings is 2. The first-order valence-electron chi connectivity index (χ1n) is 8.39. The Morgan fingerprint density at radius 1 is 1.00 bits per heavy atom. The molecule has 0 aliphatic carbocycles. The molecule has 0 unspecified atom stereocenters. The van der Waals surface area contributed by atoms with Gasteiger partial charge < -0.3 is 19.5 Å². The number of ketones is 1. The average molecular weight is 406 g/mol. The molecule has 2 aromatic rings. The summed E-state index contributed by atoms with van der Waals surface area (Å²) in [6.45, 7) is -0.357. The maximum absolute atomic E-state index is 12.3. The number of carbonyl (C=O) groups excluding carboxylic acids is 3. The fraction of sp³-hybridized carbons (Fsp3) is 0.250. The SMILES string of the molecule is COc1ccc(OC)c(C(=O)COC(=O)CCNC(=O)c2ccc(Cl)cc2)c1. The Morgan fingerprint density at radius 3 is 2.36 bits per heavy atom. The van der Waals surface area contributed by atoms with Gasteiger partial charge in [-0.3, -0.25) is 14.4 Å². The molecule has 0 aliphatic heterocycles. The third-order valence-corrected chi connectivity index (χ3v) is 4.04. The monoisotopic (exact) mass is 405 g/mol. The molecule has 0 radical (unpaired) electrons. The molecule has 2 aromatic carbocycles. The lowest BCUT2D eigenvalue weighted by Crippen LogP contribution is -2.27. The second-order valence-corrected chi connectivity index (χ2v) is 6.10. The summed E-state index contributed by atoms with van der Waals surface area (Å²) in [6, 6.07) is 11.1. The zero-order valence-corrected chi connectivity index (χ0v) is 16.2. The Kier molecular flexibility index (Phi) is 7.83. The van der Waals surface area contributed by atoms with Crippen molar-refractivity contribution in [3.8, 4) is 11.5 Å². The van der Waals surface area contributed by atoms with Crippen LogP contribution in [0.4, 0.5) is 0 Å². The quantitative estimate of drug-likeness (QED) is 0.509. The second kappa shape index (κ2) is 10.3. The molecule has 0 atom stereocenters. The molecule has 7 nitrogen and oxygen atoms in total. The van der Waals surface area contributed by atoms with Crippen molar-refractivity contribution in [1.29, 1.82) is 0 Å². The van der Waals surface area contributed by atoms with E-state index < -0.39 is 18.4 Å². The van der Waals surface area contributed by atoms with E-state index in [2.05, 4.69) is 5.32 Å². The van der Waals surface area contributed by atoms with Crippen LogP contribution in [0, 0.1) is 0 Å². The summed E-state index contributed by atoms with van der Waals surface area (Å²) in [6.07, 6.45) is -0.0676. The van der Waals surface area contributed by atoms with Gasteiger partial charge in [-0.15, -0.1) is 0 Å². The molecule has 0 saturated heterocycles. The molecule has 8 heteroatoms. The van der Waals surface area contributed by atoms with Crippen molar-refractivity contribution < 1.29 is 28.6 Å². The average Bonchev–Trinajstić information content (AvgIpc) is 2.71. The molecule has 0 bridgehead atoms. The lowest BCUT2D eigenvalue weighted by Gasteiger charge is -2.10. The zero-order valence-electron chi connectivity index (χ0n) is 15.5. The summed E-state index contributed by atoms with van der Waals surface area (Å²) in [5.41, 5.74) is 0.684. The van der Waals surface area contributed by atoms with E-state index in [4.69, 9.17) is 25.8 Å². The maximum Gasteiger partial charge on any atom is 0.308 e. The molecule has 148 valence electrons. The van der Waals surface area contributed by atoms with Crippen molar-refractivity contribution in [1.82, 2.24) is 5.32 Å².